The fourth-order valence-corrected chi connectivity index (χ4v) is 3.99. The van der Waals surface area contributed by atoms with Crippen LogP contribution in [-0.2, 0) is 11.3 Å². The lowest BCUT2D eigenvalue weighted by atomic mass is 10.1. The van der Waals surface area contributed by atoms with Gasteiger partial charge in [0.25, 0.3) is 11.2 Å². The summed E-state index contributed by atoms with van der Waals surface area (Å²) in [4.78, 5) is 52.0. The molecule has 2 aromatic carbocycles. The van der Waals surface area contributed by atoms with Crippen LogP contribution < -0.4 is 16.1 Å². The monoisotopic (exact) mass is 461 g/mol. The van der Waals surface area contributed by atoms with Gasteiger partial charge in [-0.15, -0.1) is 0 Å². The molecule has 0 aliphatic heterocycles. The molecule has 0 atom stereocenters. The van der Waals surface area contributed by atoms with Gasteiger partial charge in [0.05, 0.1) is 27.0 Å². The quantitative estimate of drug-likeness (QED) is 0.287. The van der Waals surface area contributed by atoms with E-state index in [2.05, 4.69) is 15.0 Å². The summed E-state index contributed by atoms with van der Waals surface area (Å²) < 4.78 is 3.08. The second-order valence-corrected chi connectivity index (χ2v) is 7.76. The highest BCUT2D eigenvalue weighted by Crippen LogP contribution is 2.31. The fourth-order valence-electron chi connectivity index (χ4n) is 3.99. The molecule has 12 heteroatoms. The van der Waals surface area contributed by atoms with Gasteiger partial charge < -0.3 is 20.1 Å². The molecule has 0 aliphatic carbocycles. The molecule has 34 heavy (non-hydrogen) atoms. The molecule has 12 nitrogen and oxygen atoms in total. The molecule has 0 radical (unpaired) electrons. The highest BCUT2D eigenvalue weighted by atomic mass is 16.7. The Bertz CT molecular complexity index is 1660. The zero-order valence-electron chi connectivity index (χ0n) is 18.0. The van der Waals surface area contributed by atoms with Gasteiger partial charge in [0, 0.05) is 42.7 Å². The molecule has 3 N–H and O–H groups in total. The smallest absolute Gasteiger partial charge is 0.329 e. The molecule has 0 amide bonds. The molecule has 172 valence electrons. The van der Waals surface area contributed by atoms with Crippen molar-refractivity contribution in [2.24, 2.45) is 5.73 Å². The number of aromatic amines is 1. The maximum Gasteiger partial charge on any atom is 0.329 e. The number of nitro groups is 1. The molecule has 0 bridgehead atoms. The Kier molecular flexibility index (Phi) is 5.06. The molecular weight excluding hydrogens is 442 g/mol. The van der Waals surface area contributed by atoms with E-state index in [9.17, 15) is 19.7 Å². The van der Waals surface area contributed by atoms with Gasteiger partial charge in [0.2, 0.25) is 0 Å². The largest absolute Gasteiger partial charge is 0.347 e. The van der Waals surface area contributed by atoms with Crippen molar-refractivity contribution in [1.82, 2.24) is 24.2 Å². The molecular formula is C22H19N7O5. The summed E-state index contributed by atoms with van der Waals surface area (Å²) in [5, 5.41) is 12.0. The maximum absolute atomic E-state index is 13.0. The van der Waals surface area contributed by atoms with Crippen molar-refractivity contribution in [1.29, 1.82) is 0 Å². The zero-order chi connectivity index (χ0) is 24.0. The number of hydrogen-bond donors (Lipinski definition) is 2. The first kappa shape index (κ1) is 21.3. The van der Waals surface area contributed by atoms with Crippen molar-refractivity contribution >= 4 is 44.6 Å². The lowest BCUT2D eigenvalue weighted by Gasteiger charge is -2.05. The lowest BCUT2D eigenvalue weighted by Crippen LogP contribution is -2.15. The molecule has 5 rings (SSSR count). The van der Waals surface area contributed by atoms with Crippen LogP contribution in [0.15, 0.2) is 47.7 Å². The van der Waals surface area contributed by atoms with Gasteiger partial charge in [-0.2, -0.15) is 4.73 Å². The Hall–Kier alpha value is -4.58. The Labute approximate surface area is 190 Å². The summed E-state index contributed by atoms with van der Waals surface area (Å²) in [6.45, 7) is 2.26. The van der Waals surface area contributed by atoms with Gasteiger partial charge in [0.15, 0.2) is 0 Å². The maximum atomic E-state index is 13.0. The Morgan fingerprint density at radius 2 is 2.06 bits per heavy atom. The number of aromatic nitrogens is 5. The minimum Gasteiger partial charge on any atom is -0.347 e. The number of nitro benzene ring substituents is 1. The third-order valence-corrected chi connectivity index (χ3v) is 5.49. The number of rotatable bonds is 6. The van der Waals surface area contributed by atoms with E-state index in [1.54, 1.807) is 24.4 Å². The van der Waals surface area contributed by atoms with Crippen molar-refractivity contribution in [3.63, 3.8) is 0 Å². The number of imidazole rings is 1. The summed E-state index contributed by atoms with van der Waals surface area (Å²) in [7, 11) is 0. The number of benzene rings is 2. The van der Waals surface area contributed by atoms with Gasteiger partial charge in [-0.25, -0.2) is 14.8 Å². The number of nitrogens with two attached hydrogens (primary N) is 1. The third kappa shape index (κ3) is 3.55. The number of aryl methyl sites for hydroxylation is 1. The average Bonchev–Trinajstić information content (AvgIpc) is 3.35. The molecule has 0 aliphatic rings. The standard InChI is InChI=1S/C22H19N7O5/c1-12(30)34-28-11-24-18-8-16-17(9-20(18)28)25-21(22(31)26-16)15-10-27(6-2-5-23)19-7-13(29(32)33)3-4-14(15)19/h3-4,7-11H,2,5-6,23H2,1H3,(H,26,31). The lowest BCUT2D eigenvalue weighted by molar-refractivity contribution is -0.384. The summed E-state index contributed by atoms with van der Waals surface area (Å²) in [5.74, 6) is -0.506. The van der Waals surface area contributed by atoms with Crippen molar-refractivity contribution < 1.29 is 14.6 Å². The van der Waals surface area contributed by atoms with E-state index in [-0.39, 0.29) is 11.4 Å². The van der Waals surface area contributed by atoms with Crippen LogP contribution in [0.2, 0.25) is 0 Å². The molecule has 3 aromatic heterocycles. The van der Waals surface area contributed by atoms with Crippen molar-refractivity contribution in [3.8, 4) is 11.3 Å². The van der Waals surface area contributed by atoms with Crippen molar-refractivity contribution in [2.45, 2.75) is 19.9 Å². The fraction of sp³-hybridized carbons (Fsp3) is 0.182. The van der Waals surface area contributed by atoms with Crippen LogP contribution >= 0.6 is 0 Å². The number of carbonyl (C=O) groups is 1. The summed E-state index contributed by atoms with van der Waals surface area (Å²) in [5.41, 5.74) is 8.46. The summed E-state index contributed by atoms with van der Waals surface area (Å²) in [6.07, 6.45) is 3.78. The van der Waals surface area contributed by atoms with Crippen molar-refractivity contribution in [2.75, 3.05) is 6.54 Å². The molecule has 0 unspecified atom stereocenters. The molecule has 0 spiro atoms. The first-order chi connectivity index (χ1) is 16.4. The minimum absolute atomic E-state index is 0.0485. The van der Waals surface area contributed by atoms with Crippen LogP contribution in [0.25, 0.3) is 44.2 Å². The number of carbonyl (C=O) groups excluding carboxylic acids is 1. The third-order valence-electron chi connectivity index (χ3n) is 5.49. The van der Waals surface area contributed by atoms with E-state index >= 15 is 0 Å². The Morgan fingerprint density at radius 1 is 1.24 bits per heavy atom. The van der Waals surface area contributed by atoms with E-state index < -0.39 is 16.5 Å². The first-order valence-electron chi connectivity index (χ1n) is 10.4. The number of nitrogens with zero attached hydrogens (tertiary/aromatic N) is 5. The van der Waals surface area contributed by atoms with Gasteiger partial charge in [-0.05, 0) is 31.2 Å². The van der Waals surface area contributed by atoms with E-state index in [1.165, 1.54) is 30.1 Å². The summed E-state index contributed by atoms with van der Waals surface area (Å²) >= 11 is 0. The number of fused-ring (bicyclic) bond motifs is 3. The number of nitrogens with one attached hydrogen (secondary N) is 1. The predicted octanol–water partition coefficient (Wildman–Crippen LogP) is 2.13. The highest BCUT2D eigenvalue weighted by molar-refractivity contribution is 5.98. The predicted molar refractivity (Wildman–Crippen MR) is 124 cm³/mol. The zero-order valence-corrected chi connectivity index (χ0v) is 18.0. The van der Waals surface area contributed by atoms with Crippen molar-refractivity contribution in [3.05, 3.63) is 63.3 Å². The number of H-pyrrole nitrogens is 1. The van der Waals surface area contributed by atoms with Crippen LogP contribution in [0, 0.1) is 10.1 Å². The van der Waals surface area contributed by atoms with E-state index in [0.29, 0.717) is 58.0 Å². The van der Waals surface area contributed by atoms with Gasteiger partial charge >= 0.3 is 5.97 Å². The van der Waals surface area contributed by atoms with Gasteiger partial charge in [-0.1, -0.05) is 0 Å². The van der Waals surface area contributed by atoms with Crippen LogP contribution in [-0.4, -0.2) is 41.7 Å². The highest BCUT2D eigenvalue weighted by Gasteiger charge is 2.19. The van der Waals surface area contributed by atoms with Crippen LogP contribution in [0.3, 0.4) is 0 Å². The second kappa shape index (κ2) is 8.08. The van der Waals surface area contributed by atoms with Crippen LogP contribution in [0.4, 0.5) is 5.69 Å². The number of hydrogen-bond acceptors (Lipinski definition) is 8. The first-order valence-corrected chi connectivity index (χ1v) is 10.4. The van der Waals surface area contributed by atoms with Gasteiger partial charge in [0.1, 0.15) is 17.5 Å². The SMILES string of the molecule is CC(=O)On1cnc2cc3[nH]c(=O)c(-c4cn(CCCN)c5cc([N+](=O)[O-])ccc45)nc3cc21. The normalized spacial score (nSPS) is 11.5. The Morgan fingerprint density at radius 3 is 2.79 bits per heavy atom. The van der Waals surface area contributed by atoms with E-state index in [1.807, 2.05) is 4.57 Å². The molecule has 3 heterocycles. The van der Waals surface area contributed by atoms with E-state index in [0.717, 1.165) is 0 Å². The molecule has 5 aromatic rings. The average molecular weight is 461 g/mol. The van der Waals surface area contributed by atoms with Crippen LogP contribution in [0.5, 0.6) is 0 Å². The van der Waals surface area contributed by atoms with Crippen LogP contribution in [0.1, 0.15) is 13.3 Å². The molecule has 0 saturated carbocycles. The summed E-state index contributed by atoms with van der Waals surface area (Å²) in [6, 6.07) is 7.81. The molecule has 0 saturated heterocycles. The van der Waals surface area contributed by atoms with Gasteiger partial charge in [-0.3, -0.25) is 14.9 Å². The number of non-ortho nitro benzene ring substituents is 1. The Balaban J connectivity index is 1.72. The van der Waals surface area contributed by atoms with E-state index in [4.69, 9.17) is 10.6 Å². The second-order valence-electron chi connectivity index (χ2n) is 7.76. The molecule has 0 fully saturated rings. The topological polar surface area (TPSA) is 164 Å². The minimum atomic E-state index is -0.506.